The van der Waals surface area contributed by atoms with E-state index in [-0.39, 0.29) is 23.8 Å². The average molecular weight is 440 g/mol. The van der Waals surface area contributed by atoms with Crippen LogP contribution in [0.3, 0.4) is 0 Å². The highest BCUT2D eigenvalue weighted by Crippen LogP contribution is 2.24. The summed E-state index contributed by atoms with van der Waals surface area (Å²) in [6, 6.07) is 8.04. The van der Waals surface area contributed by atoms with Crippen molar-refractivity contribution in [1.82, 2.24) is 15.2 Å². The number of esters is 1. The van der Waals surface area contributed by atoms with Gasteiger partial charge in [0, 0.05) is 25.3 Å². The van der Waals surface area contributed by atoms with Gasteiger partial charge in [-0.25, -0.2) is 4.79 Å². The molecule has 2 heterocycles. The smallest absolute Gasteiger partial charge is 0.340 e. The molecule has 0 bridgehead atoms. The maximum atomic E-state index is 13.2. The Morgan fingerprint density at radius 3 is 2.66 bits per heavy atom. The van der Waals surface area contributed by atoms with Gasteiger partial charge in [-0.15, -0.1) is 0 Å². The van der Waals surface area contributed by atoms with E-state index >= 15 is 0 Å². The first-order valence-electron chi connectivity index (χ1n) is 11.2. The summed E-state index contributed by atoms with van der Waals surface area (Å²) in [6.45, 7) is 10.5. The Morgan fingerprint density at radius 1 is 1.22 bits per heavy atom. The average Bonchev–Trinajstić information content (AvgIpc) is 3.05. The zero-order valence-corrected chi connectivity index (χ0v) is 19.6. The van der Waals surface area contributed by atoms with E-state index in [1.165, 1.54) is 0 Å². The third-order valence-electron chi connectivity index (χ3n) is 5.83. The van der Waals surface area contributed by atoms with Crippen LogP contribution in [0.5, 0.6) is 0 Å². The molecule has 3 rings (SSSR count). The summed E-state index contributed by atoms with van der Waals surface area (Å²) < 4.78 is 5.32. The number of nitrogens with one attached hydrogen (secondary N) is 2. The van der Waals surface area contributed by atoms with E-state index in [1.807, 2.05) is 25.1 Å². The number of H-pyrrole nitrogens is 1. The Labute approximate surface area is 189 Å². The van der Waals surface area contributed by atoms with E-state index in [4.69, 9.17) is 4.74 Å². The molecule has 1 fully saturated rings. The molecule has 32 heavy (non-hydrogen) atoms. The Kier molecular flexibility index (Phi) is 7.38. The Bertz CT molecular complexity index is 1010. The number of piperidine rings is 1. The van der Waals surface area contributed by atoms with Crippen molar-refractivity contribution in [3.8, 4) is 0 Å². The minimum absolute atomic E-state index is 0.0374. The second-order valence-corrected chi connectivity index (χ2v) is 8.88. The van der Waals surface area contributed by atoms with Gasteiger partial charge in [-0.05, 0) is 58.6 Å². The standard InChI is InChI=1S/C25H33N3O4/c1-15(2)32-25(31)21-17(4)22(27-18(21)5)24(30)28-11-7-10-20(14-28)23(29)26-13-19-9-6-8-16(3)12-19/h6,8-9,12,15,20,27H,7,10-11,13-14H2,1-5H3,(H,26,29). The van der Waals surface area contributed by atoms with Crippen LogP contribution in [-0.4, -0.2) is 46.9 Å². The molecule has 0 spiro atoms. The molecule has 0 saturated carbocycles. The maximum absolute atomic E-state index is 13.2. The van der Waals surface area contributed by atoms with Crippen molar-refractivity contribution in [2.45, 2.75) is 60.1 Å². The minimum atomic E-state index is -0.433. The number of ether oxygens (including phenoxy) is 1. The lowest BCUT2D eigenvalue weighted by atomic mass is 9.96. The Hall–Kier alpha value is -3.09. The van der Waals surface area contributed by atoms with Crippen molar-refractivity contribution in [2.75, 3.05) is 13.1 Å². The molecule has 7 heteroatoms. The summed E-state index contributed by atoms with van der Waals surface area (Å²) in [7, 11) is 0. The third-order valence-corrected chi connectivity index (χ3v) is 5.83. The number of aromatic amines is 1. The number of aryl methyl sites for hydroxylation is 2. The molecule has 2 N–H and O–H groups in total. The van der Waals surface area contributed by atoms with Crippen LogP contribution in [-0.2, 0) is 16.1 Å². The van der Waals surface area contributed by atoms with Crippen LogP contribution in [0.25, 0.3) is 0 Å². The van der Waals surface area contributed by atoms with Gasteiger partial charge in [-0.2, -0.15) is 0 Å². The van der Waals surface area contributed by atoms with Crippen LogP contribution < -0.4 is 5.32 Å². The lowest BCUT2D eigenvalue weighted by Gasteiger charge is -2.32. The number of hydrogen-bond acceptors (Lipinski definition) is 4. The fourth-order valence-corrected chi connectivity index (χ4v) is 4.23. The number of amides is 2. The monoisotopic (exact) mass is 439 g/mol. The summed E-state index contributed by atoms with van der Waals surface area (Å²) in [5.74, 6) is -0.911. The first kappa shape index (κ1) is 23.6. The minimum Gasteiger partial charge on any atom is -0.459 e. The van der Waals surface area contributed by atoms with E-state index < -0.39 is 5.97 Å². The van der Waals surface area contributed by atoms with Crippen LogP contribution in [0, 0.1) is 26.7 Å². The molecule has 1 aromatic carbocycles. The van der Waals surface area contributed by atoms with Crippen LogP contribution in [0.15, 0.2) is 24.3 Å². The van der Waals surface area contributed by atoms with Crippen LogP contribution in [0.1, 0.15) is 69.9 Å². The summed E-state index contributed by atoms with van der Waals surface area (Å²) in [4.78, 5) is 43.2. The fraction of sp³-hybridized carbons (Fsp3) is 0.480. The second-order valence-electron chi connectivity index (χ2n) is 8.88. The van der Waals surface area contributed by atoms with Crippen molar-refractivity contribution in [3.63, 3.8) is 0 Å². The van der Waals surface area contributed by atoms with Crippen LogP contribution in [0.2, 0.25) is 0 Å². The molecule has 2 aromatic rings. The topological polar surface area (TPSA) is 91.5 Å². The largest absolute Gasteiger partial charge is 0.459 e. The molecule has 2 amide bonds. The highest BCUT2D eigenvalue weighted by Gasteiger charge is 2.32. The van der Waals surface area contributed by atoms with Crippen molar-refractivity contribution in [3.05, 3.63) is 57.9 Å². The lowest BCUT2D eigenvalue weighted by molar-refractivity contribution is -0.126. The van der Waals surface area contributed by atoms with Gasteiger partial charge in [0.25, 0.3) is 5.91 Å². The lowest BCUT2D eigenvalue weighted by Crippen LogP contribution is -2.45. The van der Waals surface area contributed by atoms with Gasteiger partial charge < -0.3 is 19.9 Å². The molecule has 1 aliphatic rings. The molecule has 0 aliphatic carbocycles. The maximum Gasteiger partial charge on any atom is 0.340 e. The molecule has 1 saturated heterocycles. The molecular formula is C25H33N3O4. The fourth-order valence-electron chi connectivity index (χ4n) is 4.23. The summed E-state index contributed by atoms with van der Waals surface area (Å²) in [5, 5.41) is 3.01. The van der Waals surface area contributed by atoms with Crippen molar-refractivity contribution in [2.24, 2.45) is 5.92 Å². The van der Waals surface area contributed by atoms with Crippen molar-refractivity contribution >= 4 is 17.8 Å². The Morgan fingerprint density at radius 2 is 1.97 bits per heavy atom. The molecule has 172 valence electrons. The van der Waals surface area contributed by atoms with Gasteiger partial charge >= 0.3 is 5.97 Å². The normalized spacial score (nSPS) is 16.2. The van der Waals surface area contributed by atoms with E-state index in [9.17, 15) is 14.4 Å². The summed E-state index contributed by atoms with van der Waals surface area (Å²) >= 11 is 0. The quantitative estimate of drug-likeness (QED) is 0.672. The highest BCUT2D eigenvalue weighted by atomic mass is 16.5. The Balaban J connectivity index is 1.66. The predicted molar refractivity (Wildman–Crippen MR) is 122 cm³/mol. The first-order chi connectivity index (χ1) is 15.2. The molecule has 1 aromatic heterocycles. The molecule has 0 radical (unpaired) electrons. The van der Waals surface area contributed by atoms with E-state index in [1.54, 1.807) is 32.6 Å². The number of hydrogen-bond donors (Lipinski definition) is 2. The van der Waals surface area contributed by atoms with Gasteiger partial charge in [0.1, 0.15) is 5.69 Å². The van der Waals surface area contributed by atoms with Crippen molar-refractivity contribution in [1.29, 1.82) is 0 Å². The molecular weight excluding hydrogens is 406 g/mol. The second kappa shape index (κ2) is 10.0. The van der Waals surface area contributed by atoms with Gasteiger partial charge in [-0.1, -0.05) is 29.8 Å². The number of carbonyl (C=O) groups excluding carboxylic acids is 3. The SMILES string of the molecule is Cc1cccc(CNC(=O)C2CCCN(C(=O)c3[nH]c(C)c(C(=O)OC(C)C)c3C)C2)c1. The number of benzene rings is 1. The first-order valence-corrected chi connectivity index (χ1v) is 11.2. The number of rotatable bonds is 6. The molecule has 1 unspecified atom stereocenters. The zero-order chi connectivity index (χ0) is 23.4. The van der Waals surface area contributed by atoms with Crippen LogP contribution >= 0.6 is 0 Å². The van der Waals surface area contributed by atoms with Crippen molar-refractivity contribution < 1.29 is 19.1 Å². The highest BCUT2D eigenvalue weighted by molar-refractivity contribution is 6.00. The molecule has 7 nitrogen and oxygen atoms in total. The number of likely N-dealkylation sites (tertiary alicyclic amines) is 1. The third kappa shape index (κ3) is 5.39. The van der Waals surface area contributed by atoms with E-state index in [0.29, 0.717) is 42.1 Å². The number of aromatic nitrogens is 1. The van der Waals surface area contributed by atoms with E-state index in [0.717, 1.165) is 24.0 Å². The van der Waals surface area contributed by atoms with Gasteiger partial charge in [0.05, 0.1) is 17.6 Å². The predicted octanol–water partition coefficient (Wildman–Crippen LogP) is 3.67. The molecule has 1 atom stereocenters. The zero-order valence-electron chi connectivity index (χ0n) is 19.6. The van der Waals surface area contributed by atoms with E-state index in [2.05, 4.69) is 16.4 Å². The van der Waals surface area contributed by atoms with Gasteiger partial charge in [0.2, 0.25) is 5.91 Å². The number of nitrogens with zero attached hydrogens (tertiary/aromatic N) is 1. The summed E-state index contributed by atoms with van der Waals surface area (Å²) in [6.07, 6.45) is 1.27. The van der Waals surface area contributed by atoms with Crippen LogP contribution in [0.4, 0.5) is 0 Å². The van der Waals surface area contributed by atoms with Gasteiger partial charge in [-0.3, -0.25) is 9.59 Å². The molecule has 1 aliphatic heterocycles. The summed E-state index contributed by atoms with van der Waals surface area (Å²) in [5.41, 5.74) is 4.20. The van der Waals surface area contributed by atoms with Gasteiger partial charge in [0.15, 0.2) is 0 Å². The number of carbonyl (C=O) groups is 3.